The highest BCUT2D eigenvalue weighted by Gasteiger charge is 2.23. The zero-order valence-corrected chi connectivity index (χ0v) is 17.5. The van der Waals surface area contributed by atoms with Crippen molar-refractivity contribution in [3.05, 3.63) is 52.5 Å². The first-order valence-corrected chi connectivity index (χ1v) is 11.4. The van der Waals surface area contributed by atoms with Crippen LogP contribution in [0.5, 0.6) is 0 Å². The molecule has 1 aliphatic rings. The predicted octanol–water partition coefficient (Wildman–Crippen LogP) is 4.02. The van der Waals surface area contributed by atoms with Crippen LogP contribution in [0.1, 0.15) is 54.1 Å². The van der Waals surface area contributed by atoms with E-state index in [4.69, 9.17) is 11.6 Å². The first-order chi connectivity index (χ1) is 13.9. The molecule has 0 saturated heterocycles. The SMILES string of the molecule is Cc1c(Cl)cccc1S(=O)(=O)NC(=O)c1ccc2c(c1)nnn2C1CCCCC1. The van der Waals surface area contributed by atoms with Crippen LogP contribution in [0.4, 0.5) is 0 Å². The van der Waals surface area contributed by atoms with Gasteiger partial charge in [0.05, 0.1) is 16.5 Å². The summed E-state index contributed by atoms with van der Waals surface area (Å²) < 4.78 is 29.3. The molecule has 1 N–H and O–H groups in total. The molecule has 1 saturated carbocycles. The van der Waals surface area contributed by atoms with Crippen molar-refractivity contribution < 1.29 is 13.2 Å². The van der Waals surface area contributed by atoms with Crippen molar-refractivity contribution >= 4 is 38.6 Å². The van der Waals surface area contributed by atoms with Gasteiger partial charge in [-0.05, 0) is 55.7 Å². The molecule has 7 nitrogen and oxygen atoms in total. The molecule has 152 valence electrons. The summed E-state index contributed by atoms with van der Waals surface area (Å²) in [5.41, 5.74) is 2.01. The maximum atomic E-state index is 12.6. The minimum Gasteiger partial charge on any atom is -0.268 e. The van der Waals surface area contributed by atoms with E-state index in [1.54, 1.807) is 31.2 Å². The van der Waals surface area contributed by atoms with Gasteiger partial charge in [0.25, 0.3) is 15.9 Å². The van der Waals surface area contributed by atoms with E-state index in [0.29, 0.717) is 22.1 Å². The van der Waals surface area contributed by atoms with Crippen molar-refractivity contribution in [2.45, 2.75) is 50.0 Å². The molecule has 0 radical (unpaired) electrons. The third kappa shape index (κ3) is 3.86. The van der Waals surface area contributed by atoms with Crippen LogP contribution < -0.4 is 4.72 Å². The van der Waals surface area contributed by atoms with Gasteiger partial charge in [0, 0.05) is 10.6 Å². The minimum atomic E-state index is -4.05. The summed E-state index contributed by atoms with van der Waals surface area (Å²) in [5.74, 6) is -0.724. The quantitative estimate of drug-likeness (QED) is 0.672. The second-order valence-corrected chi connectivity index (χ2v) is 9.38. The van der Waals surface area contributed by atoms with Crippen LogP contribution in [-0.2, 0) is 10.0 Å². The standard InChI is InChI=1S/C20H21ClN4O3S/c1-13-16(21)8-5-9-19(13)29(27,28)23-20(26)14-10-11-18-17(12-14)22-24-25(18)15-6-3-2-4-7-15/h5,8-12,15H,2-4,6-7H2,1H3,(H,23,26). The maximum Gasteiger partial charge on any atom is 0.265 e. The van der Waals surface area contributed by atoms with Crippen molar-refractivity contribution in [2.24, 2.45) is 0 Å². The second-order valence-electron chi connectivity index (χ2n) is 7.33. The normalized spacial score (nSPS) is 15.5. The number of rotatable bonds is 4. The van der Waals surface area contributed by atoms with Gasteiger partial charge in [0.1, 0.15) is 5.52 Å². The number of sulfonamides is 1. The number of aromatic nitrogens is 3. The highest BCUT2D eigenvalue weighted by atomic mass is 35.5. The lowest BCUT2D eigenvalue weighted by Gasteiger charge is -2.21. The van der Waals surface area contributed by atoms with Crippen molar-refractivity contribution in [1.29, 1.82) is 0 Å². The molecule has 0 bridgehead atoms. The Morgan fingerprint density at radius 1 is 1.17 bits per heavy atom. The predicted molar refractivity (Wildman–Crippen MR) is 110 cm³/mol. The number of halogens is 1. The van der Waals surface area contributed by atoms with Crippen LogP contribution in [0.15, 0.2) is 41.3 Å². The number of fused-ring (bicyclic) bond motifs is 1. The lowest BCUT2D eigenvalue weighted by atomic mass is 9.95. The lowest BCUT2D eigenvalue weighted by molar-refractivity contribution is 0.0981. The topological polar surface area (TPSA) is 93.9 Å². The van der Waals surface area contributed by atoms with Crippen LogP contribution >= 0.6 is 11.6 Å². The van der Waals surface area contributed by atoms with E-state index < -0.39 is 15.9 Å². The summed E-state index contributed by atoms with van der Waals surface area (Å²) in [5, 5.41) is 8.77. The van der Waals surface area contributed by atoms with E-state index >= 15 is 0 Å². The Balaban J connectivity index is 1.59. The molecular formula is C20H21ClN4O3S. The fourth-order valence-corrected chi connectivity index (χ4v) is 5.27. The average molecular weight is 433 g/mol. The zero-order chi connectivity index (χ0) is 20.6. The molecule has 1 heterocycles. The number of nitrogens with one attached hydrogen (secondary N) is 1. The third-order valence-electron chi connectivity index (χ3n) is 5.39. The molecule has 4 rings (SSSR count). The summed E-state index contributed by atoms with van der Waals surface area (Å²) in [7, 11) is -4.05. The van der Waals surface area contributed by atoms with Gasteiger partial charge in [0.15, 0.2) is 0 Å². The van der Waals surface area contributed by atoms with Crippen LogP contribution in [0, 0.1) is 6.92 Å². The van der Waals surface area contributed by atoms with Crippen LogP contribution in [0.25, 0.3) is 11.0 Å². The fourth-order valence-electron chi connectivity index (χ4n) is 3.79. The van der Waals surface area contributed by atoms with Crippen molar-refractivity contribution in [3.63, 3.8) is 0 Å². The van der Waals surface area contributed by atoms with E-state index in [0.717, 1.165) is 18.4 Å². The molecule has 0 spiro atoms. The van der Waals surface area contributed by atoms with Gasteiger partial charge in [-0.1, -0.05) is 42.1 Å². The Bertz CT molecular complexity index is 1180. The van der Waals surface area contributed by atoms with E-state index in [9.17, 15) is 13.2 Å². The molecule has 1 amide bonds. The van der Waals surface area contributed by atoms with Gasteiger partial charge >= 0.3 is 0 Å². The van der Waals surface area contributed by atoms with Crippen LogP contribution in [0.3, 0.4) is 0 Å². The molecule has 1 aliphatic carbocycles. The highest BCUT2D eigenvalue weighted by Crippen LogP contribution is 2.30. The molecule has 3 aromatic rings. The molecule has 0 unspecified atom stereocenters. The summed E-state index contributed by atoms with van der Waals surface area (Å²) in [4.78, 5) is 12.6. The molecule has 29 heavy (non-hydrogen) atoms. The molecule has 9 heteroatoms. The number of carbonyl (C=O) groups excluding carboxylic acids is 1. The first kappa shape index (κ1) is 19.8. The molecule has 1 fully saturated rings. The molecule has 0 aliphatic heterocycles. The molecule has 0 atom stereocenters. The first-order valence-electron chi connectivity index (χ1n) is 9.54. The number of amides is 1. The van der Waals surface area contributed by atoms with E-state index in [1.165, 1.54) is 31.4 Å². The minimum absolute atomic E-state index is 0.0253. The fraction of sp³-hybridized carbons (Fsp3) is 0.350. The van der Waals surface area contributed by atoms with Gasteiger partial charge in [-0.15, -0.1) is 5.10 Å². The number of carbonyl (C=O) groups is 1. The third-order valence-corrected chi connectivity index (χ3v) is 7.27. The highest BCUT2D eigenvalue weighted by molar-refractivity contribution is 7.90. The van der Waals surface area contributed by atoms with Gasteiger partial charge in [-0.2, -0.15) is 0 Å². The molecule has 2 aromatic carbocycles. The lowest BCUT2D eigenvalue weighted by Crippen LogP contribution is -2.31. The Morgan fingerprint density at radius 2 is 1.93 bits per heavy atom. The largest absolute Gasteiger partial charge is 0.268 e. The summed E-state index contributed by atoms with van der Waals surface area (Å²) in [6.45, 7) is 1.59. The van der Waals surface area contributed by atoms with Gasteiger partial charge in [0.2, 0.25) is 0 Å². The van der Waals surface area contributed by atoms with Crippen molar-refractivity contribution in [2.75, 3.05) is 0 Å². The number of nitrogens with zero attached hydrogens (tertiary/aromatic N) is 3. The zero-order valence-electron chi connectivity index (χ0n) is 15.9. The number of hydrogen-bond acceptors (Lipinski definition) is 5. The molecular weight excluding hydrogens is 412 g/mol. The Kier molecular flexibility index (Phi) is 5.31. The van der Waals surface area contributed by atoms with E-state index in [1.807, 2.05) is 4.68 Å². The Labute approximate surface area is 174 Å². The number of hydrogen-bond donors (Lipinski definition) is 1. The van der Waals surface area contributed by atoms with Gasteiger partial charge in [-0.3, -0.25) is 4.79 Å². The monoisotopic (exact) mass is 432 g/mol. The molecule has 1 aromatic heterocycles. The van der Waals surface area contributed by atoms with Gasteiger partial charge < -0.3 is 0 Å². The van der Waals surface area contributed by atoms with Crippen LogP contribution in [-0.4, -0.2) is 29.3 Å². The Morgan fingerprint density at radius 3 is 2.69 bits per heavy atom. The smallest absolute Gasteiger partial charge is 0.265 e. The summed E-state index contributed by atoms with van der Waals surface area (Å²) >= 11 is 6.01. The van der Waals surface area contributed by atoms with Gasteiger partial charge in [-0.25, -0.2) is 17.8 Å². The average Bonchev–Trinajstić information content (AvgIpc) is 3.13. The maximum absolute atomic E-state index is 12.6. The Hall–Kier alpha value is -2.45. The van der Waals surface area contributed by atoms with E-state index in [-0.39, 0.29) is 10.5 Å². The van der Waals surface area contributed by atoms with E-state index in [2.05, 4.69) is 15.0 Å². The van der Waals surface area contributed by atoms with Crippen molar-refractivity contribution in [1.82, 2.24) is 19.7 Å². The summed E-state index contributed by atoms with van der Waals surface area (Å²) in [6, 6.07) is 9.80. The van der Waals surface area contributed by atoms with Crippen LogP contribution in [0.2, 0.25) is 5.02 Å². The summed E-state index contributed by atoms with van der Waals surface area (Å²) in [6.07, 6.45) is 5.73. The van der Waals surface area contributed by atoms with Crippen molar-refractivity contribution in [3.8, 4) is 0 Å². The second kappa shape index (κ2) is 7.76. The number of benzene rings is 2.